The van der Waals surface area contributed by atoms with Gasteiger partial charge >= 0.3 is 0 Å². The summed E-state index contributed by atoms with van der Waals surface area (Å²) in [5.41, 5.74) is 19.1. The number of hydrogen-bond donors (Lipinski definition) is 0. The Kier molecular flexibility index (Phi) is 7.01. The Morgan fingerprint density at radius 3 is 1.70 bits per heavy atom. The fourth-order valence-corrected chi connectivity index (χ4v) is 11.1. The van der Waals surface area contributed by atoms with Crippen LogP contribution in [-0.2, 0) is 5.41 Å². The molecule has 2 aliphatic rings. The van der Waals surface area contributed by atoms with E-state index in [2.05, 4.69) is 193 Å². The van der Waals surface area contributed by atoms with Crippen LogP contribution in [0.15, 0.2) is 217 Å². The molecular weight excluding hydrogens is 767 g/mol. The highest BCUT2D eigenvalue weighted by Crippen LogP contribution is 2.63. The Morgan fingerprint density at radius 2 is 0.968 bits per heavy atom. The van der Waals surface area contributed by atoms with Crippen molar-refractivity contribution in [1.82, 2.24) is 14.5 Å². The molecule has 0 aliphatic heterocycles. The zero-order valence-electron chi connectivity index (χ0n) is 34.0. The Bertz CT molecular complexity index is 3760. The first kappa shape index (κ1) is 34.4. The molecule has 12 aromatic rings. The zero-order chi connectivity index (χ0) is 41.2. The normalized spacial score (nSPS) is 13.2. The second-order valence-corrected chi connectivity index (χ2v) is 16.8. The number of nitrogens with zero attached hydrogens (tertiary/aromatic N) is 3. The van der Waals surface area contributed by atoms with Crippen molar-refractivity contribution in [3.05, 3.63) is 235 Å². The number of para-hydroxylation sites is 1. The standard InChI is InChI=1S/C59H35N3O/c1-3-16-36(17-4-1)51-35-56(61-58(60-51)37-18-5-2-6-19-37)62-52-28-14-10-23-43(52)45-32-38(30-31-53(45)62)39-24-15-29-54-57(39)46-33-44-42-22-9-13-27-49(42)59(50(44)34-55(46)63-54)47-25-11-7-20-40(47)41-21-8-12-26-48(41)59/h1-35H. The van der Waals surface area contributed by atoms with Crippen molar-refractivity contribution < 1.29 is 4.42 Å². The van der Waals surface area contributed by atoms with Crippen molar-refractivity contribution in [3.63, 3.8) is 0 Å². The van der Waals surface area contributed by atoms with Crippen LogP contribution < -0.4 is 0 Å². The Hall–Kier alpha value is -8.34. The lowest BCUT2D eigenvalue weighted by molar-refractivity contribution is 0.666. The molecule has 1 spiro atoms. The van der Waals surface area contributed by atoms with Gasteiger partial charge in [0.2, 0.25) is 0 Å². The van der Waals surface area contributed by atoms with Gasteiger partial charge in [-0.15, -0.1) is 0 Å². The number of rotatable bonds is 4. The van der Waals surface area contributed by atoms with Crippen molar-refractivity contribution in [3.8, 4) is 61.8 Å². The highest BCUT2D eigenvalue weighted by molar-refractivity contribution is 6.16. The van der Waals surface area contributed by atoms with Crippen molar-refractivity contribution in [1.29, 1.82) is 0 Å². The van der Waals surface area contributed by atoms with Crippen LogP contribution in [0.5, 0.6) is 0 Å². The van der Waals surface area contributed by atoms with Crippen LogP contribution in [0.2, 0.25) is 0 Å². The van der Waals surface area contributed by atoms with Gasteiger partial charge in [-0.3, -0.25) is 4.57 Å². The number of aromatic nitrogens is 3. The van der Waals surface area contributed by atoms with Gasteiger partial charge in [-0.25, -0.2) is 9.97 Å². The lowest BCUT2D eigenvalue weighted by atomic mass is 9.70. The number of furan rings is 1. The van der Waals surface area contributed by atoms with Gasteiger partial charge in [0, 0.05) is 38.7 Å². The van der Waals surface area contributed by atoms with Gasteiger partial charge in [-0.2, -0.15) is 0 Å². The highest BCUT2D eigenvalue weighted by Gasteiger charge is 2.51. The minimum Gasteiger partial charge on any atom is -0.456 e. The molecule has 2 aliphatic carbocycles. The predicted octanol–water partition coefficient (Wildman–Crippen LogP) is 14.8. The predicted molar refractivity (Wildman–Crippen MR) is 256 cm³/mol. The van der Waals surface area contributed by atoms with E-state index in [0.717, 1.165) is 77.5 Å². The van der Waals surface area contributed by atoms with E-state index in [1.165, 1.54) is 44.5 Å². The van der Waals surface area contributed by atoms with E-state index in [1.54, 1.807) is 0 Å². The van der Waals surface area contributed by atoms with Gasteiger partial charge in [0.15, 0.2) is 5.82 Å². The molecule has 4 heteroatoms. The summed E-state index contributed by atoms with van der Waals surface area (Å²) < 4.78 is 9.20. The molecule has 0 fully saturated rings. The third-order valence-electron chi connectivity index (χ3n) is 13.6. The van der Waals surface area contributed by atoms with Crippen LogP contribution in [0, 0.1) is 0 Å². The highest BCUT2D eigenvalue weighted by atomic mass is 16.3. The maximum atomic E-state index is 6.91. The molecule has 0 atom stereocenters. The molecule has 0 saturated heterocycles. The quantitative estimate of drug-likeness (QED) is 0.178. The fraction of sp³-hybridized carbons (Fsp3) is 0.0169. The Labute approximate surface area is 363 Å². The van der Waals surface area contributed by atoms with Crippen LogP contribution in [0.3, 0.4) is 0 Å². The van der Waals surface area contributed by atoms with Crippen LogP contribution in [0.25, 0.3) is 106 Å². The summed E-state index contributed by atoms with van der Waals surface area (Å²) in [6.07, 6.45) is 0. The summed E-state index contributed by atoms with van der Waals surface area (Å²) in [5, 5.41) is 4.57. The summed E-state index contributed by atoms with van der Waals surface area (Å²) >= 11 is 0. The second kappa shape index (κ2) is 12.8. The monoisotopic (exact) mass is 801 g/mol. The second-order valence-electron chi connectivity index (χ2n) is 16.8. The molecule has 4 nitrogen and oxygen atoms in total. The van der Waals surface area contributed by atoms with Gasteiger partial charge in [0.1, 0.15) is 17.0 Å². The summed E-state index contributed by atoms with van der Waals surface area (Å²) in [5.74, 6) is 1.51. The zero-order valence-corrected chi connectivity index (χ0v) is 34.0. The summed E-state index contributed by atoms with van der Waals surface area (Å²) in [6, 6.07) is 76.4. The van der Waals surface area contributed by atoms with Gasteiger partial charge in [-0.05, 0) is 92.0 Å². The smallest absolute Gasteiger partial charge is 0.162 e. The topological polar surface area (TPSA) is 43.9 Å². The Morgan fingerprint density at radius 1 is 0.365 bits per heavy atom. The third-order valence-corrected chi connectivity index (χ3v) is 13.6. The average molecular weight is 802 g/mol. The maximum absolute atomic E-state index is 6.91. The third kappa shape index (κ3) is 4.69. The van der Waals surface area contributed by atoms with Crippen molar-refractivity contribution in [2.75, 3.05) is 0 Å². The van der Waals surface area contributed by atoms with Crippen LogP contribution >= 0.6 is 0 Å². The van der Waals surface area contributed by atoms with E-state index in [0.29, 0.717) is 5.82 Å². The van der Waals surface area contributed by atoms with Gasteiger partial charge < -0.3 is 4.42 Å². The molecule has 3 heterocycles. The average Bonchev–Trinajstić information content (AvgIpc) is 4.07. The molecule has 0 bridgehead atoms. The molecular formula is C59H35N3O. The van der Waals surface area contributed by atoms with E-state index >= 15 is 0 Å². The molecule has 63 heavy (non-hydrogen) atoms. The molecule has 14 rings (SSSR count). The van der Waals surface area contributed by atoms with Crippen molar-refractivity contribution >= 4 is 43.7 Å². The minimum atomic E-state index is -0.429. The molecule has 0 amide bonds. The molecule has 9 aromatic carbocycles. The summed E-state index contributed by atoms with van der Waals surface area (Å²) in [6.45, 7) is 0. The van der Waals surface area contributed by atoms with Crippen molar-refractivity contribution in [2.45, 2.75) is 5.41 Å². The van der Waals surface area contributed by atoms with E-state index < -0.39 is 5.41 Å². The van der Waals surface area contributed by atoms with E-state index in [1.807, 2.05) is 24.3 Å². The number of fused-ring (bicyclic) bond motifs is 16. The van der Waals surface area contributed by atoms with Crippen molar-refractivity contribution in [2.24, 2.45) is 0 Å². The SMILES string of the molecule is c1ccc(-c2cc(-n3c4ccccc4c4cc(-c5cccc6oc7cc8c(cc7c56)-c5ccccc5C85c6ccccc6-c6ccccc65)ccc43)nc(-c3ccccc3)n2)cc1. The van der Waals surface area contributed by atoms with Crippen LogP contribution in [0.1, 0.15) is 22.3 Å². The number of hydrogen-bond acceptors (Lipinski definition) is 3. The van der Waals surface area contributed by atoms with E-state index in [4.69, 9.17) is 14.4 Å². The van der Waals surface area contributed by atoms with Gasteiger partial charge in [0.25, 0.3) is 0 Å². The molecule has 0 saturated carbocycles. The largest absolute Gasteiger partial charge is 0.456 e. The molecule has 0 radical (unpaired) electrons. The van der Waals surface area contributed by atoms with E-state index in [-0.39, 0.29) is 0 Å². The fourth-order valence-electron chi connectivity index (χ4n) is 11.1. The van der Waals surface area contributed by atoms with E-state index in [9.17, 15) is 0 Å². The first-order valence-corrected chi connectivity index (χ1v) is 21.6. The minimum absolute atomic E-state index is 0.429. The molecule has 3 aromatic heterocycles. The van der Waals surface area contributed by atoms with Crippen LogP contribution in [0.4, 0.5) is 0 Å². The van der Waals surface area contributed by atoms with Gasteiger partial charge in [0.05, 0.1) is 22.1 Å². The summed E-state index contributed by atoms with van der Waals surface area (Å²) in [7, 11) is 0. The van der Waals surface area contributed by atoms with Crippen LogP contribution in [-0.4, -0.2) is 14.5 Å². The Balaban J connectivity index is 0.981. The molecule has 0 unspecified atom stereocenters. The first-order valence-electron chi connectivity index (χ1n) is 21.6. The lowest BCUT2D eigenvalue weighted by Gasteiger charge is -2.30. The first-order chi connectivity index (χ1) is 31.2. The number of benzene rings is 9. The molecule has 292 valence electrons. The van der Waals surface area contributed by atoms with Gasteiger partial charge in [-0.1, -0.05) is 170 Å². The molecule has 0 N–H and O–H groups in total. The lowest BCUT2D eigenvalue weighted by Crippen LogP contribution is -2.25. The maximum Gasteiger partial charge on any atom is 0.162 e. The summed E-state index contributed by atoms with van der Waals surface area (Å²) in [4.78, 5) is 10.3.